The van der Waals surface area contributed by atoms with Crippen molar-refractivity contribution in [2.75, 3.05) is 20.3 Å². The maximum absolute atomic E-state index is 11.2. The van der Waals surface area contributed by atoms with Crippen LogP contribution in [0, 0.1) is 11.8 Å². The minimum absolute atomic E-state index is 0.0856. The second kappa shape index (κ2) is 2.04. The molecule has 0 radical (unpaired) electrons. The van der Waals surface area contributed by atoms with Crippen molar-refractivity contribution >= 4 is 11.8 Å². The molecular weight excluding hydrogens is 146 g/mol. The first-order chi connectivity index (χ1) is 5.22. The fourth-order valence-electron chi connectivity index (χ4n) is 1.65. The lowest BCUT2D eigenvalue weighted by Crippen LogP contribution is -2.28. The maximum Gasteiger partial charge on any atom is 0.235 e. The Kier molecular flexibility index (Phi) is 1.26. The number of nitrogens with zero attached hydrogens (tertiary/aromatic N) is 1. The summed E-state index contributed by atoms with van der Waals surface area (Å²) in [4.78, 5) is 23.7. The van der Waals surface area contributed by atoms with Crippen LogP contribution in [0.15, 0.2) is 0 Å². The Hall–Kier alpha value is -0.900. The first-order valence-electron chi connectivity index (χ1n) is 3.61. The third-order valence-electron chi connectivity index (χ3n) is 2.38. The van der Waals surface area contributed by atoms with Crippen LogP contribution in [0.2, 0.25) is 0 Å². The van der Waals surface area contributed by atoms with E-state index in [-0.39, 0.29) is 23.7 Å². The van der Waals surface area contributed by atoms with Crippen LogP contribution >= 0.6 is 0 Å². The van der Waals surface area contributed by atoms with Crippen molar-refractivity contribution in [1.82, 2.24) is 4.90 Å². The second-order valence-electron chi connectivity index (χ2n) is 2.99. The summed E-state index contributed by atoms with van der Waals surface area (Å²) in [6, 6.07) is 0. The van der Waals surface area contributed by atoms with Gasteiger partial charge in [-0.15, -0.1) is 0 Å². The zero-order valence-corrected chi connectivity index (χ0v) is 6.24. The Morgan fingerprint density at radius 2 is 1.73 bits per heavy atom. The molecule has 2 atom stereocenters. The average Bonchev–Trinajstić information content (AvgIpc) is 2.53. The van der Waals surface area contributed by atoms with Crippen molar-refractivity contribution in [3.63, 3.8) is 0 Å². The van der Waals surface area contributed by atoms with E-state index < -0.39 is 0 Å². The van der Waals surface area contributed by atoms with Crippen LogP contribution in [-0.4, -0.2) is 37.0 Å². The van der Waals surface area contributed by atoms with Crippen LogP contribution in [0.3, 0.4) is 0 Å². The van der Waals surface area contributed by atoms with Crippen LogP contribution in [0.5, 0.6) is 0 Å². The molecule has 4 heteroatoms. The van der Waals surface area contributed by atoms with Crippen LogP contribution in [0.4, 0.5) is 0 Å². The van der Waals surface area contributed by atoms with Crippen molar-refractivity contribution in [3.05, 3.63) is 0 Å². The van der Waals surface area contributed by atoms with E-state index in [0.717, 1.165) is 0 Å². The zero-order chi connectivity index (χ0) is 8.01. The molecule has 2 unspecified atom stereocenters. The molecule has 2 heterocycles. The highest BCUT2D eigenvalue weighted by atomic mass is 16.5. The van der Waals surface area contributed by atoms with E-state index in [2.05, 4.69) is 0 Å². The smallest absolute Gasteiger partial charge is 0.235 e. The van der Waals surface area contributed by atoms with Gasteiger partial charge in [-0.2, -0.15) is 0 Å². The van der Waals surface area contributed by atoms with Gasteiger partial charge >= 0.3 is 0 Å². The first kappa shape index (κ1) is 6.79. The summed E-state index contributed by atoms with van der Waals surface area (Å²) in [7, 11) is 1.53. The van der Waals surface area contributed by atoms with E-state index in [1.54, 1.807) is 0 Å². The summed E-state index contributed by atoms with van der Waals surface area (Å²) in [6.07, 6.45) is 0. The van der Waals surface area contributed by atoms with Crippen molar-refractivity contribution in [2.45, 2.75) is 0 Å². The largest absolute Gasteiger partial charge is 0.380 e. The summed E-state index contributed by atoms with van der Waals surface area (Å²) in [6.45, 7) is 0.833. The molecule has 4 nitrogen and oxygen atoms in total. The Bertz CT molecular complexity index is 204. The van der Waals surface area contributed by atoms with Crippen molar-refractivity contribution in [3.8, 4) is 0 Å². The van der Waals surface area contributed by atoms with Crippen LogP contribution < -0.4 is 0 Å². The Morgan fingerprint density at radius 3 is 2.18 bits per heavy atom. The zero-order valence-electron chi connectivity index (χ0n) is 6.24. The van der Waals surface area contributed by atoms with Gasteiger partial charge in [-0.05, 0) is 0 Å². The van der Waals surface area contributed by atoms with Gasteiger partial charge in [0.15, 0.2) is 0 Å². The Morgan fingerprint density at radius 1 is 1.27 bits per heavy atom. The van der Waals surface area contributed by atoms with Crippen molar-refractivity contribution in [2.24, 2.45) is 11.8 Å². The molecule has 60 valence electrons. The monoisotopic (exact) mass is 155 g/mol. The molecule has 2 saturated heterocycles. The molecule has 2 fully saturated rings. The number of fused-ring (bicyclic) bond motifs is 1. The number of amides is 2. The lowest BCUT2D eigenvalue weighted by atomic mass is 10.00. The van der Waals surface area contributed by atoms with Crippen molar-refractivity contribution in [1.29, 1.82) is 0 Å². The Balaban J connectivity index is 2.30. The second-order valence-corrected chi connectivity index (χ2v) is 2.99. The molecular formula is C7H9NO3. The highest BCUT2D eigenvalue weighted by Crippen LogP contribution is 2.30. The summed E-state index contributed by atoms with van der Waals surface area (Å²) in [5.74, 6) is -0.546. The molecule has 0 N–H and O–H groups in total. The van der Waals surface area contributed by atoms with Gasteiger partial charge < -0.3 is 4.74 Å². The minimum Gasteiger partial charge on any atom is -0.380 e. The number of imide groups is 1. The summed E-state index contributed by atoms with van der Waals surface area (Å²) < 4.78 is 5.03. The predicted molar refractivity (Wildman–Crippen MR) is 35.6 cm³/mol. The molecule has 0 aromatic heterocycles. The molecule has 2 rings (SSSR count). The standard InChI is InChI=1S/C7H9NO3/c1-8-6(9)4-2-11-3-5(4)7(8)10/h4-5H,2-3H2,1H3. The third-order valence-corrected chi connectivity index (χ3v) is 2.38. The molecule has 11 heavy (non-hydrogen) atoms. The minimum atomic E-state index is -0.188. The van der Waals surface area contributed by atoms with Gasteiger partial charge in [0, 0.05) is 7.05 Å². The number of carbonyl (C=O) groups excluding carboxylic acids is 2. The molecule has 2 aliphatic heterocycles. The fraction of sp³-hybridized carbons (Fsp3) is 0.714. The normalized spacial score (nSPS) is 36.6. The van der Waals surface area contributed by atoms with Gasteiger partial charge in [0.2, 0.25) is 11.8 Å². The van der Waals surface area contributed by atoms with E-state index in [1.807, 2.05) is 0 Å². The van der Waals surface area contributed by atoms with Crippen LogP contribution in [-0.2, 0) is 14.3 Å². The van der Waals surface area contributed by atoms with Gasteiger partial charge in [0.1, 0.15) is 0 Å². The quantitative estimate of drug-likeness (QED) is 0.432. The number of hydrogen-bond donors (Lipinski definition) is 0. The van der Waals surface area contributed by atoms with E-state index in [9.17, 15) is 9.59 Å². The summed E-state index contributed by atoms with van der Waals surface area (Å²) in [5, 5.41) is 0. The average molecular weight is 155 g/mol. The van der Waals surface area contributed by atoms with Gasteiger partial charge in [0.25, 0.3) is 0 Å². The van der Waals surface area contributed by atoms with E-state index in [0.29, 0.717) is 13.2 Å². The molecule has 2 aliphatic rings. The van der Waals surface area contributed by atoms with Gasteiger partial charge in [-0.3, -0.25) is 14.5 Å². The highest BCUT2D eigenvalue weighted by Gasteiger charge is 2.49. The molecule has 0 bridgehead atoms. The highest BCUT2D eigenvalue weighted by molar-refractivity contribution is 6.05. The predicted octanol–water partition coefficient (Wildman–Crippen LogP) is -0.752. The number of carbonyl (C=O) groups is 2. The lowest BCUT2D eigenvalue weighted by Gasteiger charge is -2.06. The van der Waals surface area contributed by atoms with Gasteiger partial charge in [-0.25, -0.2) is 0 Å². The van der Waals surface area contributed by atoms with E-state index in [4.69, 9.17) is 4.74 Å². The Labute approximate surface area is 64.1 Å². The number of ether oxygens (including phenoxy) is 1. The number of hydrogen-bond acceptors (Lipinski definition) is 3. The van der Waals surface area contributed by atoms with E-state index in [1.165, 1.54) is 11.9 Å². The fourth-order valence-corrected chi connectivity index (χ4v) is 1.65. The molecule has 0 aliphatic carbocycles. The lowest BCUT2D eigenvalue weighted by molar-refractivity contribution is -0.139. The topological polar surface area (TPSA) is 46.6 Å². The summed E-state index contributed by atoms with van der Waals surface area (Å²) in [5.41, 5.74) is 0. The van der Waals surface area contributed by atoms with E-state index >= 15 is 0 Å². The summed E-state index contributed by atoms with van der Waals surface area (Å²) >= 11 is 0. The van der Waals surface area contributed by atoms with Gasteiger partial charge in [-0.1, -0.05) is 0 Å². The first-order valence-corrected chi connectivity index (χ1v) is 3.61. The van der Waals surface area contributed by atoms with Gasteiger partial charge in [0.05, 0.1) is 25.0 Å². The number of rotatable bonds is 0. The maximum atomic E-state index is 11.2. The van der Waals surface area contributed by atoms with Crippen LogP contribution in [0.1, 0.15) is 0 Å². The third kappa shape index (κ3) is 0.728. The molecule has 2 amide bonds. The van der Waals surface area contributed by atoms with Crippen molar-refractivity contribution < 1.29 is 14.3 Å². The molecule has 0 aromatic rings. The molecule has 0 aromatic carbocycles. The molecule has 0 saturated carbocycles. The SMILES string of the molecule is CN1C(=O)C2COCC2C1=O. The number of likely N-dealkylation sites (tertiary alicyclic amines) is 1. The molecule has 0 spiro atoms. The van der Waals surface area contributed by atoms with Crippen LogP contribution in [0.25, 0.3) is 0 Å².